The van der Waals surface area contributed by atoms with Crippen LogP contribution >= 0.6 is 0 Å². The van der Waals surface area contributed by atoms with Crippen LogP contribution in [0.1, 0.15) is 40.0 Å². The van der Waals surface area contributed by atoms with E-state index in [0.717, 1.165) is 0 Å². The van der Waals surface area contributed by atoms with Crippen molar-refractivity contribution in [3.8, 4) is 0 Å². The zero-order valence-electron chi connectivity index (χ0n) is 11.5. The monoisotopic (exact) mass is 277 g/mol. The Labute approximate surface area is 109 Å². The van der Waals surface area contributed by atoms with Crippen LogP contribution in [0.2, 0.25) is 0 Å². The Hall–Kier alpha value is -0.780. The van der Waals surface area contributed by atoms with Crippen LogP contribution < -0.4 is 0 Å². The minimum atomic E-state index is -3.11. The zero-order valence-corrected chi connectivity index (χ0v) is 12.3. The average molecular weight is 277 g/mol. The fourth-order valence-corrected chi connectivity index (χ4v) is 3.70. The summed E-state index contributed by atoms with van der Waals surface area (Å²) < 4.78 is 23.4. The summed E-state index contributed by atoms with van der Waals surface area (Å²) in [6.45, 7) is 6.29. The summed E-state index contributed by atoms with van der Waals surface area (Å²) in [6.07, 6.45) is 1.85. The number of carbonyl (C=O) groups is 1. The molecule has 18 heavy (non-hydrogen) atoms. The van der Waals surface area contributed by atoms with Crippen LogP contribution in [0.15, 0.2) is 0 Å². The van der Waals surface area contributed by atoms with Crippen LogP contribution in [-0.2, 0) is 9.84 Å². The van der Waals surface area contributed by atoms with Gasteiger partial charge < -0.3 is 10.0 Å². The predicted molar refractivity (Wildman–Crippen MR) is 70.5 cm³/mol. The molecule has 0 radical (unpaired) electrons. The molecular weight excluding hydrogens is 254 g/mol. The van der Waals surface area contributed by atoms with Crippen LogP contribution in [0.5, 0.6) is 0 Å². The number of carboxylic acid groups (broad SMARTS) is 1. The maximum absolute atomic E-state index is 11.7. The quantitative estimate of drug-likeness (QED) is 0.795. The molecule has 1 saturated heterocycles. The molecule has 106 valence electrons. The molecule has 0 aromatic heterocycles. The molecule has 0 bridgehead atoms. The Morgan fingerprint density at radius 3 is 2.28 bits per heavy atom. The van der Waals surface area contributed by atoms with Crippen molar-refractivity contribution in [3.05, 3.63) is 0 Å². The van der Waals surface area contributed by atoms with Crippen LogP contribution in [0.4, 0.5) is 4.79 Å². The zero-order chi connectivity index (χ0) is 14.1. The van der Waals surface area contributed by atoms with E-state index in [-0.39, 0.29) is 11.5 Å². The van der Waals surface area contributed by atoms with Gasteiger partial charge in [-0.05, 0) is 24.7 Å². The third kappa shape index (κ3) is 3.60. The Bertz CT molecular complexity index is 410. The lowest BCUT2D eigenvalue weighted by Gasteiger charge is -2.38. The van der Waals surface area contributed by atoms with E-state index in [2.05, 4.69) is 0 Å². The van der Waals surface area contributed by atoms with Crippen LogP contribution in [0, 0.1) is 5.41 Å². The van der Waals surface area contributed by atoms with E-state index < -0.39 is 21.2 Å². The Kier molecular flexibility index (Phi) is 4.30. The summed E-state index contributed by atoms with van der Waals surface area (Å²) in [6, 6.07) is -0.253. The number of hydrogen-bond acceptors (Lipinski definition) is 3. The maximum atomic E-state index is 11.7. The van der Waals surface area contributed by atoms with E-state index >= 15 is 0 Å². The third-order valence-corrected chi connectivity index (χ3v) is 5.28. The van der Waals surface area contributed by atoms with E-state index in [1.54, 1.807) is 0 Å². The maximum Gasteiger partial charge on any atom is 0.407 e. The summed E-state index contributed by atoms with van der Waals surface area (Å²) in [4.78, 5) is 12.7. The number of rotatable bonds is 1. The molecule has 1 aliphatic rings. The second-order valence-electron chi connectivity index (χ2n) is 6.19. The summed E-state index contributed by atoms with van der Waals surface area (Å²) in [5, 5.41) is 8.84. The van der Waals surface area contributed by atoms with E-state index in [0.29, 0.717) is 25.8 Å². The number of sulfone groups is 1. The highest BCUT2D eigenvalue weighted by atomic mass is 32.2. The van der Waals surface area contributed by atoms with Crippen molar-refractivity contribution < 1.29 is 18.3 Å². The fourth-order valence-electron chi connectivity index (χ4n) is 2.58. The molecule has 0 aromatic carbocycles. The highest BCUT2D eigenvalue weighted by Crippen LogP contribution is 2.33. The molecule has 0 aromatic rings. The first-order valence-corrected chi connectivity index (χ1v) is 8.17. The standard InChI is InChI=1S/C12H23NO4S/c1-12(2,3)10-8-9(18(4,16)17)6-5-7-13(10)11(14)15/h9-10H,5-8H2,1-4H3,(H,14,15). The molecule has 2 unspecified atom stereocenters. The van der Waals surface area contributed by atoms with Gasteiger partial charge in [0.05, 0.1) is 5.25 Å². The molecule has 1 rings (SSSR count). The molecule has 1 heterocycles. The minimum absolute atomic E-state index is 0.253. The molecule has 1 amide bonds. The normalized spacial score (nSPS) is 26.8. The largest absolute Gasteiger partial charge is 0.465 e. The number of amides is 1. The SMILES string of the molecule is CC(C)(C)C1CC(S(C)(=O)=O)CCCN1C(=O)O. The van der Waals surface area contributed by atoms with Gasteiger partial charge in [-0.2, -0.15) is 0 Å². The van der Waals surface area contributed by atoms with Crippen LogP contribution in [0.25, 0.3) is 0 Å². The predicted octanol–water partition coefficient (Wildman–Crippen LogP) is 1.98. The van der Waals surface area contributed by atoms with E-state index in [9.17, 15) is 18.3 Å². The molecule has 1 fully saturated rings. The highest BCUT2D eigenvalue weighted by Gasteiger charge is 2.39. The number of nitrogens with zero attached hydrogens (tertiary/aromatic N) is 1. The molecule has 5 nitrogen and oxygen atoms in total. The van der Waals surface area contributed by atoms with Gasteiger partial charge in [0.1, 0.15) is 9.84 Å². The molecule has 1 aliphatic heterocycles. The topological polar surface area (TPSA) is 74.7 Å². The minimum Gasteiger partial charge on any atom is -0.465 e. The van der Waals surface area contributed by atoms with Gasteiger partial charge in [-0.1, -0.05) is 20.8 Å². The molecule has 1 N–H and O–H groups in total. The molecule has 0 aliphatic carbocycles. The number of likely N-dealkylation sites (tertiary alicyclic amines) is 1. The summed E-state index contributed by atoms with van der Waals surface area (Å²) in [5.41, 5.74) is -0.258. The second-order valence-corrected chi connectivity index (χ2v) is 8.51. The molecule has 2 atom stereocenters. The fraction of sp³-hybridized carbons (Fsp3) is 0.917. The van der Waals surface area contributed by atoms with Gasteiger partial charge >= 0.3 is 6.09 Å². The lowest BCUT2D eigenvalue weighted by Crippen LogP contribution is -2.47. The third-order valence-electron chi connectivity index (χ3n) is 3.64. The van der Waals surface area contributed by atoms with Crippen molar-refractivity contribution in [3.63, 3.8) is 0 Å². The molecule has 6 heteroatoms. The van der Waals surface area contributed by atoms with Gasteiger partial charge in [0.2, 0.25) is 0 Å². The van der Waals surface area contributed by atoms with Gasteiger partial charge in [-0.25, -0.2) is 13.2 Å². The van der Waals surface area contributed by atoms with Crippen LogP contribution in [-0.4, -0.2) is 48.6 Å². The van der Waals surface area contributed by atoms with Gasteiger partial charge in [-0.3, -0.25) is 0 Å². The highest BCUT2D eigenvalue weighted by molar-refractivity contribution is 7.91. The Morgan fingerprint density at radius 1 is 1.33 bits per heavy atom. The first-order chi connectivity index (χ1) is 8.03. The lowest BCUT2D eigenvalue weighted by molar-refractivity contribution is 0.0837. The van der Waals surface area contributed by atoms with E-state index in [1.165, 1.54) is 11.2 Å². The van der Waals surface area contributed by atoms with Gasteiger partial charge in [0, 0.05) is 18.8 Å². The van der Waals surface area contributed by atoms with E-state index in [4.69, 9.17) is 0 Å². The summed E-state index contributed by atoms with van der Waals surface area (Å²) in [7, 11) is -3.11. The molecule has 0 spiro atoms. The Morgan fingerprint density at radius 2 is 1.89 bits per heavy atom. The van der Waals surface area contributed by atoms with E-state index in [1.807, 2.05) is 20.8 Å². The van der Waals surface area contributed by atoms with Crippen molar-refractivity contribution in [1.82, 2.24) is 4.90 Å². The summed E-state index contributed by atoms with van der Waals surface area (Å²) >= 11 is 0. The van der Waals surface area contributed by atoms with Gasteiger partial charge in [-0.15, -0.1) is 0 Å². The average Bonchev–Trinajstić information content (AvgIpc) is 2.36. The van der Waals surface area contributed by atoms with Crippen molar-refractivity contribution in [2.24, 2.45) is 5.41 Å². The molecular formula is C12H23NO4S. The van der Waals surface area contributed by atoms with Crippen LogP contribution in [0.3, 0.4) is 0 Å². The van der Waals surface area contributed by atoms with Crippen molar-refractivity contribution >= 4 is 15.9 Å². The lowest BCUT2D eigenvalue weighted by atomic mass is 9.83. The van der Waals surface area contributed by atoms with Gasteiger partial charge in [0.25, 0.3) is 0 Å². The molecule has 0 saturated carbocycles. The Balaban J connectivity index is 3.06. The smallest absolute Gasteiger partial charge is 0.407 e. The van der Waals surface area contributed by atoms with Gasteiger partial charge in [0.15, 0.2) is 0 Å². The number of hydrogen-bond donors (Lipinski definition) is 1. The van der Waals surface area contributed by atoms with Crippen molar-refractivity contribution in [2.75, 3.05) is 12.8 Å². The van der Waals surface area contributed by atoms with Crippen molar-refractivity contribution in [1.29, 1.82) is 0 Å². The first-order valence-electron chi connectivity index (χ1n) is 6.22. The first kappa shape index (κ1) is 15.3. The van der Waals surface area contributed by atoms with Crippen molar-refractivity contribution in [2.45, 2.75) is 51.3 Å². The second kappa shape index (κ2) is 5.07. The summed E-state index contributed by atoms with van der Waals surface area (Å²) in [5.74, 6) is 0.